The Morgan fingerprint density at radius 1 is 0.783 bits per heavy atom. The zero-order chi connectivity index (χ0) is 32.9. The second-order valence-electron chi connectivity index (χ2n) is 9.89. The Balaban J connectivity index is 1.33. The first-order chi connectivity index (χ1) is 22.1. The molecule has 0 aromatic heterocycles. The van der Waals surface area contributed by atoms with E-state index in [0.29, 0.717) is 34.0 Å². The zero-order valence-corrected chi connectivity index (χ0v) is 26.0. The van der Waals surface area contributed by atoms with Crippen molar-refractivity contribution in [2.45, 2.75) is 18.4 Å². The SMILES string of the molecule is COc1ccc(NC(=O)COc2ccc(/C=N/NC(=O)CN(Cc3ccccc3)S(=O)(=O)c3ccc(NC(C)=O)cc3)cc2)cc1. The van der Waals surface area contributed by atoms with Crippen molar-refractivity contribution in [1.29, 1.82) is 0 Å². The molecule has 0 saturated heterocycles. The minimum Gasteiger partial charge on any atom is -0.497 e. The number of ether oxygens (including phenoxy) is 2. The van der Waals surface area contributed by atoms with E-state index in [1.807, 2.05) is 6.07 Å². The molecular formula is C33H33N5O7S. The maximum Gasteiger partial charge on any atom is 0.262 e. The first kappa shape index (κ1) is 33.4. The number of carbonyl (C=O) groups excluding carboxylic acids is 3. The summed E-state index contributed by atoms with van der Waals surface area (Å²) in [6.07, 6.45) is 1.40. The number of carbonyl (C=O) groups is 3. The van der Waals surface area contributed by atoms with Gasteiger partial charge >= 0.3 is 0 Å². The van der Waals surface area contributed by atoms with Gasteiger partial charge in [0.1, 0.15) is 11.5 Å². The van der Waals surface area contributed by atoms with Crippen LogP contribution in [0.3, 0.4) is 0 Å². The van der Waals surface area contributed by atoms with E-state index in [9.17, 15) is 22.8 Å². The van der Waals surface area contributed by atoms with Crippen LogP contribution >= 0.6 is 0 Å². The highest BCUT2D eigenvalue weighted by Gasteiger charge is 2.27. The predicted octanol–water partition coefficient (Wildman–Crippen LogP) is 4.01. The molecule has 0 spiro atoms. The summed E-state index contributed by atoms with van der Waals surface area (Å²) in [6.45, 7) is 0.615. The summed E-state index contributed by atoms with van der Waals surface area (Å²) in [5.41, 5.74) is 4.75. The van der Waals surface area contributed by atoms with Crippen molar-refractivity contribution in [3.8, 4) is 11.5 Å². The molecule has 0 unspecified atom stereocenters. The first-order valence-electron chi connectivity index (χ1n) is 14.0. The number of sulfonamides is 1. The van der Waals surface area contributed by atoms with E-state index in [4.69, 9.17) is 9.47 Å². The minimum absolute atomic E-state index is 0.0330. The molecule has 4 rings (SSSR count). The Bertz CT molecular complexity index is 1760. The smallest absolute Gasteiger partial charge is 0.262 e. The number of hydrogen-bond acceptors (Lipinski definition) is 8. The molecule has 0 aliphatic heterocycles. The monoisotopic (exact) mass is 643 g/mol. The van der Waals surface area contributed by atoms with Gasteiger partial charge in [0, 0.05) is 24.8 Å². The third-order valence-corrected chi connectivity index (χ3v) is 8.17. The summed E-state index contributed by atoms with van der Waals surface area (Å²) in [5, 5.41) is 9.28. The molecule has 0 bridgehead atoms. The van der Waals surface area contributed by atoms with Gasteiger partial charge in [0.15, 0.2) is 6.61 Å². The van der Waals surface area contributed by atoms with Crippen LogP contribution in [0.1, 0.15) is 18.1 Å². The van der Waals surface area contributed by atoms with Crippen molar-refractivity contribution in [1.82, 2.24) is 9.73 Å². The van der Waals surface area contributed by atoms with Crippen molar-refractivity contribution in [2.24, 2.45) is 5.10 Å². The summed E-state index contributed by atoms with van der Waals surface area (Å²) in [5.74, 6) is -0.123. The molecule has 0 saturated carbocycles. The molecule has 3 amide bonds. The largest absolute Gasteiger partial charge is 0.497 e. The molecule has 0 radical (unpaired) electrons. The molecular weight excluding hydrogens is 610 g/mol. The van der Waals surface area contributed by atoms with E-state index >= 15 is 0 Å². The van der Waals surface area contributed by atoms with Gasteiger partial charge in [-0.15, -0.1) is 0 Å². The Kier molecular flexibility index (Phi) is 11.6. The zero-order valence-electron chi connectivity index (χ0n) is 25.2. The van der Waals surface area contributed by atoms with Crippen LogP contribution in [-0.4, -0.2) is 56.9 Å². The average molecular weight is 644 g/mol. The highest BCUT2D eigenvalue weighted by atomic mass is 32.2. The van der Waals surface area contributed by atoms with Crippen LogP contribution in [0.25, 0.3) is 0 Å². The number of nitrogens with one attached hydrogen (secondary N) is 3. The van der Waals surface area contributed by atoms with Crippen molar-refractivity contribution < 1.29 is 32.3 Å². The summed E-state index contributed by atoms with van der Waals surface area (Å²) in [6, 6.07) is 28.2. The van der Waals surface area contributed by atoms with Crippen LogP contribution in [0.2, 0.25) is 0 Å². The summed E-state index contributed by atoms with van der Waals surface area (Å²) < 4.78 is 38.7. The Labute approximate surface area is 267 Å². The van der Waals surface area contributed by atoms with Crippen molar-refractivity contribution in [3.05, 3.63) is 114 Å². The standard InChI is InChI=1S/C33H33N5O7S/c1-24(39)35-27-12-18-31(19-13-27)46(42,43)38(21-26-6-4-3-5-7-26)22-32(40)37-34-20-25-8-14-30(15-9-25)45-23-33(41)36-28-10-16-29(44-2)17-11-28/h3-20H,21-23H2,1-2H3,(H,35,39)(H,36,41)(H,37,40)/b34-20+. The maximum atomic E-state index is 13.5. The summed E-state index contributed by atoms with van der Waals surface area (Å²) in [4.78, 5) is 36.3. The van der Waals surface area contributed by atoms with Gasteiger partial charge < -0.3 is 20.1 Å². The van der Waals surface area contributed by atoms with Crippen LogP contribution < -0.4 is 25.5 Å². The van der Waals surface area contributed by atoms with Gasteiger partial charge in [-0.2, -0.15) is 9.41 Å². The van der Waals surface area contributed by atoms with Crippen molar-refractivity contribution >= 4 is 45.3 Å². The molecule has 46 heavy (non-hydrogen) atoms. The van der Waals surface area contributed by atoms with Crippen LogP contribution in [0.5, 0.6) is 11.5 Å². The summed E-state index contributed by atoms with van der Waals surface area (Å²) >= 11 is 0. The van der Waals surface area contributed by atoms with E-state index < -0.39 is 22.5 Å². The number of methoxy groups -OCH3 is 1. The maximum absolute atomic E-state index is 13.5. The lowest BCUT2D eigenvalue weighted by atomic mass is 10.2. The van der Waals surface area contributed by atoms with Crippen LogP contribution in [0.15, 0.2) is 113 Å². The predicted molar refractivity (Wildman–Crippen MR) is 174 cm³/mol. The molecule has 3 N–H and O–H groups in total. The Morgan fingerprint density at radius 2 is 1.39 bits per heavy atom. The van der Waals surface area contributed by atoms with Crippen LogP contribution in [0.4, 0.5) is 11.4 Å². The molecule has 0 aliphatic rings. The van der Waals surface area contributed by atoms with E-state index in [2.05, 4.69) is 21.2 Å². The number of benzene rings is 4. The van der Waals surface area contributed by atoms with Gasteiger partial charge in [-0.3, -0.25) is 14.4 Å². The number of hydrazone groups is 1. The fourth-order valence-corrected chi connectivity index (χ4v) is 5.50. The van der Waals surface area contributed by atoms with E-state index in [0.717, 1.165) is 4.31 Å². The number of hydrogen-bond donors (Lipinski definition) is 3. The molecule has 0 atom stereocenters. The molecule has 4 aromatic carbocycles. The average Bonchev–Trinajstić information content (AvgIpc) is 3.05. The number of anilines is 2. The lowest BCUT2D eigenvalue weighted by Crippen LogP contribution is -2.39. The van der Waals surface area contributed by atoms with Crippen molar-refractivity contribution in [3.63, 3.8) is 0 Å². The molecule has 13 heteroatoms. The number of nitrogens with zero attached hydrogens (tertiary/aromatic N) is 2. The van der Waals surface area contributed by atoms with E-state index in [1.54, 1.807) is 79.9 Å². The molecule has 0 aliphatic carbocycles. The topological polar surface area (TPSA) is 156 Å². The fourth-order valence-electron chi connectivity index (χ4n) is 4.12. The lowest BCUT2D eigenvalue weighted by molar-refractivity contribution is -0.121. The molecule has 12 nitrogen and oxygen atoms in total. The Hall–Kier alpha value is -5.53. The van der Waals surface area contributed by atoms with Gasteiger partial charge in [-0.25, -0.2) is 13.8 Å². The van der Waals surface area contributed by atoms with Crippen LogP contribution in [-0.2, 0) is 31.0 Å². The summed E-state index contributed by atoms with van der Waals surface area (Å²) in [7, 11) is -2.53. The highest BCUT2D eigenvalue weighted by molar-refractivity contribution is 7.89. The molecule has 0 fully saturated rings. The quantitative estimate of drug-likeness (QED) is 0.139. The second kappa shape index (κ2) is 16.0. The van der Waals surface area contributed by atoms with Gasteiger partial charge in [0.05, 0.1) is 24.8 Å². The van der Waals surface area contributed by atoms with E-state index in [-0.39, 0.29) is 29.9 Å². The lowest BCUT2D eigenvalue weighted by Gasteiger charge is -2.21. The van der Waals surface area contributed by atoms with Crippen LogP contribution in [0, 0.1) is 0 Å². The molecule has 0 heterocycles. The molecule has 238 valence electrons. The molecule has 4 aromatic rings. The third kappa shape index (κ3) is 10.0. The number of rotatable bonds is 14. The minimum atomic E-state index is -4.09. The van der Waals surface area contributed by atoms with Gasteiger partial charge in [-0.1, -0.05) is 30.3 Å². The fraction of sp³-hybridized carbons (Fsp3) is 0.152. The van der Waals surface area contributed by atoms with Gasteiger partial charge in [0.2, 0.25) is 15.9 Å². The third-order valence-electron chi connectivity index (χ3n) is 6.36. The first-order valence-corrected chi connectivity index (χ1v) is 15.5. The second-order valence-corrected chi connectivity index (χ2v) is 11.8. The van der Waals surface area contributed by atoms with Crippen molar-refractivity contribution in [2.75, 3.05) is 30.9 Å². The van der Waals surface area contributed by atoms with E-state index in [1.165, 1.54) is 37.4 Å². The normalized spacial score (nSPS) is 11.2. The van der Waals surface area contributed by atoms with Gasteiger partial charge in [-0.05, 0) is 83.9 Å². The highest BCUT2D eigenvalue weighted by Crippen LogP contribution is 2.21. The Morgan fingerprint density at radius 3 is 2.02 bits per heavy atom. The van der Waals surface area contributed by atoms with Gasteiger partial charge in [0.25, 0.3) is 11.8 Å². The number of amides is 3.